The number of benzene rings is 1. The van der Waals surface area contributed by atoms with Crippen molar-refractivity contribution >= 4 is 37.1 Å². The smallest absolute Gasteiger partial charge is 0.419 e. The Labute approximate surface area is 273 Å². The number of halogens is 1. The molecule has 1 saturated heterocycles. The van der Waals surface area contributed by atoms with Gasteiger partial charge in [0.15, 0.2) is 5.16 Å². The van der Waals surface area contributed by atoms with E-state index in [0.717, 1.165) is 10.5 Å². The predicted octanol–water partition coefficient (Wildman–Crippen LogP) is 7.76. The van der Waals surface area contributed by atoms with Gasteiger partial charge in [-0.25, -0.2) is 14.5 Å². The van der Waals surface area contributed by atoms with Crippen LogP contribution in [-0.2, 0) is 29.9 Å². The lowest BCUT2D eigenvalue weighted by Crippen LogP contribution is -2.66. The molecule has 0 aromatic heterocycles. The van der Waals surface area contributed by atoms with Crippen LogP contribution in [0.5, 0.6) is 5.75 Å². The SMILES string of the molecule is CCOP1(=O)CCN(Cc2ccc(O)c(Cl)c2)C(C(C)(C)C)C1(CCCCN(C(=O)OC(C)(C)C)C(=O)OC(C)(C)C)C(=O)O. The number of imide groups is 1. The number of amides is 2. The third-order valence-electron chi connectivity index (χ3n) is 7.45. The maximum atomic E-state index is 14.7. The highest BCUT2D eigenvalue weighted by molar-refractivity contribution is 7.62. The van der Waals surface area contributed by atoms with Crippen LogP contribution in [0.25, 0.3) is 0 Å². The van der Waals surface area contributed by atoms with Crippen LogP contribution < -0.4 is 0 Å². The van der Waals surface area contributed by atoms with Crippen LogP contribution in [0.4, 0.5) is 9.59 Å². The Kier molecular flexibility index (Phi) is 12.6. The Balaban J connectivity index is 2.48. The molecule has 0 aliphatic carbocycles. The zero-order chi connectivity index (χ0) is 34.6. The van der Waals surface area contributed by atoms with E-state index in [0.29, 0.717) is 13.1 Å². The van der Waals surface area contributed by atoms with E-state index in [2.05, 4.69) is 0 Å². The first-order chi connectivity index (χ1) is 20.5. The van der Waals surface area contributed by atoms with Crippen LogP contribution in [0.3, 0.4) is 0 Å². The van der Waals surface area contributed by atoms with Gasteiger partial charge in [-0.15, -0.1) is 0 Å². The Bertz CT molecular complexity index is 1240. The lowest BCUT2D eigenvalue weighted by atomic mass is 9.74. The average molecular weight is 675 g/mol. The summed E-state index contributed by atoms with van der Waals surface area (Å²) in [5.41, 5.74) is -1.61. The highest BCUT2D eigenvalue weighted by atomic mass is 35.5. The third-order valence-corrected chi connectivity index (χ3v) is 11.1. The molecule has 2 amide bonds. The molecule has 45 heavy (non-hydrogen) atoms. The summed E-state index contributed by atoms with van der Waals surface area (Å²) < 4.78 is 31.5. The number of aliphatic carboxylic acids is 1. The van der Waals surface area contributed by atoms with Gasteiger partial charge in [0.2, 0.25) is 7.37 Å². The number of ether oxygens (including phenoxy) is 2. The van der Waals surface area contributed by atoms with Gasteiger partial charge in [-0.2, -0.15) is 0 Å². The zero-order valence-corrected chi connectivity index (χ0v) is 30.1. The number of nitrogens with zero attached hydrogens (tertiary/aromatic N) is 2. The van der Waals surface area contributed by atoms with Crippen molar-refractivity contribution in [2.24, 2.45) is 5.41 Å². The zero-order valence-electron chi connectivity index (χ0n) is 28.4. The van der Waals surface area contributed by atoms with E-state index in [1.54, 1.807) is 60.6 Å². The second-order valence-corrected chi connectivity index (χ2v) is 17.9. The number of hydrogen-bond donors (Lipinski definition) is 2. The summed E-state index contributed by atoms with van der Waals surface area (Å²) >= 11 is 6.18. The Morgan fingerprint density at radius 3 is 2.02 bits per heavy atom. The topological polar surface area (TPSA) is 143 Å². The monoisotopic (exact) mass is 674 g/mol. The molecule has 2 N–H and O–H groups in total. The molecule has 0 bridgehead atoms. The fourth-order valence-electron chi connectivity index (χ4n) is 6.02. The quantitative estimate of drug-likeness (QED) is 0.187. The Hall–Kier alpha value is -2.33. The van der Waals surface area contributed by atoms with Crippen molar-refractivity contribution in [3.63, 3.8) is 0 Å². The molecule has 1 heterocycles. The first kappa shape index (κ1) is 38.9. The second kappa shape index (κ2) is 14.6. The average Bonchev–Trinajstić information content (AvgIpc) is 2.84. The van der Waals surface area contributed by atoms with Gasteiger partial charge in [0.1, 0.15) is 17.0 Å². The van der Waals surface area contributed by atoms with E-state index in [1.165, 1.54) is 6.07 Å². The van der Waals surface area contributed by atoms with Crippen molar-refractivity contribution < 1.29 is 43.2 Å². The van der Waals surface area contributed by atoms with Crippen LogP contribution in [0.1, 0.15) is 94.1 Å². The van der Waals surface area contributed by atoms with Crippen LogP contribution in [-0.4, -0.2) is 86.4 Å². The molecule has 0 saturated carbocycles. The fraction of sp³-hybridized carbons (Fsp3) is 0.719. The van der Waals surface area contributed by atoms with E-state index < -0.39 is 53.3 Å². The maximum Gasteiger partial charge on any atom is 0.419 e. The Morgan fingerprint density at radius 1 is 1.02 bits per heavy atom. The number of aromatic hydroxyl groups is 1. The molecular weight excluding hydrogens is 623 g/mol. The molecule has 1 aliphatic rings. The molecule has 3 unspecified atom stereocenters. The fourth-order valence-corrected chi connectivity index (χ4v) is 9.63. The normalized spacial score (nSPS) is 23.0. The largest absolute Gasteiger partial charge is 0.506 e. The summed E-state index contributed by atoms with van der Waals surface area (Å²) in [6.07, 6.45) is -1.29. The summed E-state index contributed by atoms with van der Waals surface area (Å²) in [6.45, 7) is 18.2. The summed E-state index contributed by atoms with van der Waals surface area (Å²) in [5.74, 6) is -1.28. The van der Waals surface area contributed by atoms with Crippen molar-refractivity contribution in [1.82, 2.24) is 9.80 Å². The molecule has 1 fully saturated rings. The number of phenolic OH excluding ortho intramolecular Hbond substituents is 1. The first-order valence-corrected chi connectivity index (χ1v) is 17.6. The van der Waals surface area contributed by atoms with Crippen molar-refractivity contribution in [3.05, 3.63) is 28.8 Å². The highest BCUT2D eigenvalue weighted by Gasteiger charge is 2.66. The van der Waals surface area contributed by atoms with Gasteiger partial charge in [-0.1, -0.05) is 38.4 Å². The second-order valence-electron chi connectivity index (χ2n) is 14.6. The molecule has 2 rings (SSSR count). The minimum atomic E-state index is -3.78. The predicted molar refractivity (Wildman–Crippen MR) is 174 cm³/mol. The van der Waals surface area contributed by atoms with E-state index in [9.17, 15) is 29.2 Å². The van der Waals surface area contributed by atoms with Crippen LogP contribution in [0.2, 0.25) is 5.02 Å². The molecule has 1 aliphatic heterocycles. The molecule has 11 nitrogen and oxygen atoms in total. The van der Waals surface area contributed by atoms with E-state index in [1.807, 2.05) is 25.7 Å². The summed E-state index contributed by atoms with van der Waals surface area (Å²) in [7, 11) is -3.78. The minimum absolute atomic E-state index is 0.0230. The number of unbranched alkanes of at least 4 members (excludes halogenated alkanes) is 1. The lowest BCUT2D eigenvalue weighted by molar-refractivity contribution is -0.146. The van der Waals surface area contributed by atoms with E-state index >= 15 is 0 Å². The summed E-state index contributed by atoms with van der Waals surface area (Å²) in [4.78, 5) is 42.4. The van der Waals surface area contributed by atoms with Crippen molar-refractivity contribution in [1.29, 1.82) is 0 Å². The minimum Gasteiger partial charge on any atom is -0.506 e. The number of phenols is 1. The van der Waals surface area contributed by atoms with E-state index in [4.69, 9.17) is 25.6 Å². The van der Waals surface area contributed by atoms with Gasteiger partial charge in [-0.05, 0) is 90.8 Å². The maximum absolute atomic E-state index is 14.7. The van der Waals surface area contributed by atoms with Crippen LogP contribution in [0.15, 0.2) is 18.2 Å². The van der Waals surface area contributed by atoms with Gasteiger partial charge in [-0.3, -0.25) is 14.3 Å². The Morgan fingerprint density at radius 2 is 1.58 bits per heavy atom. The van der Waals surface area contributed by atoms with Crippen molar-refractivity contribution in [2.45, 2.75) is 117 Å². The van der Waals surface area contributed by atoms with Crippen LogP contribution >= 0.6 is 19.0 Å². The number of carboxylic acids is 1. The lowest BCUT2D eigenvalue weighted by Gasteiger charge is -2.55. The first-order valence-electron chi connectivity index (χ1n) is 15.4. The number of hydrogen-bond acceptors (Lipinski definition) is 9. The van der Waals surface area contributed by atoms with Gasteiger partial charge in [0.25, 0.3) is 0 Å². The van der Waals surface area contributed by atoms with Gasteiger partial charge in [0.05, 0.1) is 11.6 Å². The van der Waals surface area contributed by atoms with Gasteiger partial charge in [0, 0.05) is 31.8 Å². The molecular formula is C32H52ClN2O9P. The molecule has 0 radical (unpaired) electrons. The highest BCUT2D eigenvalue weighted by Crippen LogP contribution is 2.67. The van der Waals surface area contributed by atoms with Crippen LogP contribution in [0, 0.1) is 5.41 Å². The molecule has 1 aromatic carbocycles. The van der Waals surface area contributed by atoms with Crippen molar-refractivity contribution in [3.8, 4) is 5.75 Å². The van der Waals surface area contributed by atoms with Gasteiger partial charge >= 0.3 is 18.2 Å². The molecule has 1 aromatic rings. The molecule has 0 spiro atoms. The van der Waals surface area contributed by atoms with Crippen molar-refractivity contribution in [2.75, 3.05) is 25.9 Å². The number of carbonyl (C=O) groups excluding carboxylic acids is 2. The third kappa shape index (κ3) is 9.83. The number of carboxylic acid groups (broad SMARTS) is 1. The van der Waals surface area contributed by atoms with Gasteiger partial charge < -0.3 is 24.2 Å². The van der Waals surface area contributed by atoms with E-state index in [-0.39, 0.29) is 49.3 Å². The summed E-state index contributed by atoms with van der Waals surface area (Å²) in [5, 5.41) is 19.3. The summed E-state index contributed by atoms with van der Waals surface area (Å²) in [6, 6.07) is 4.12. The molecule has 13 heteroatoms. The standard InChI is InChI=1S/C32H52ClN2O9P/c1-11-42-45(41)19-18-34(21-22-14-15-24(36)23(33)20-22)25(29(2,3)4)32(45,26(37)38)16-12-13-17-35(27(39)43-30(5,6)7)28(40)44-31(8,9)10/h14-15,20,25,36H,11-13,16-19,21H2,1-10H3,(H,37,38). The molecule has 256 valence electrons. The number of rotatable bonds is 10. The number of carbonyl (C=O) groups is 3. The molecule has 3 atom stereocenters.